The number of hydrogen-bond donors (Lipinski definition) is 0. The van der Waals surface area contributed by atoms with Crippen LogP contribution >= 0.6 is 11.3 Å². The van der Waals surface area contributed by atoms with Gasteiger partial charge in [0.2, 0.25) is 0 Å². The lowest BCUT2D eigenvalue weighted by atomic mass is 10.1. The lowest BCUT2D eigenvalue weighted by Gasteiger charge is -2.06. The molecule has 1 aromatic rings. The van der Waals surface area contributed by atoms with Gasteiger partial charge in [-0.15, -0.1) is 0 Å². The third-order valence-corrected chi connectivity index (χ3v) is 2.63. The van der Waals surface area contributed by atoms with Crippen molar-refractivity contribution in [3.8, 4) is 0 Å². The van der Waals surface area contributed by atoms with E-state index >= 15 is 0 Å². The maximum absolute atomic E-state index is 11.4. The molecule has 0 bridgehead atoms. The second-order valence-corrected chi connectivity index (χ2v) is 3.88. The maximum Gasteiger partial charge on any atom is 0.139 e. The predicted molar refractivity (Wildman–Crippen MR) is 54.1 cm³/mol. The Morgan fingerprint density at radius 3 is 3.00 bits per heavy atom. The summed E-state index contributed by atoms with van der Waals surface area (Å²) in [4.78, 5) is 11.4. The van der Waals surface area contributed by atoms with Crippen molar-refractivity contribution in [2.45, 2.75) is 25.9 Å². The number of ether oxygens (including phenoxy) is 1. The minimum atomic E-state index is 0.0335. The van der Waals surface area contributed by atoms with Gasteiger partial charge >= 0.3 is 0 Å². The van der Waals surface area contributed by atoms with E-state index in [0.717, 1.165) is 5.56 Å². The SMILES string of the molecule is COC(C)CC(=O)Cc1ccsc1. The molecule has 0 aliphatic heterocycles. The molecule has 0 aliphatic rings. The van der Waals surface area contributed by atoms with Gasteiger partial charge < -0.3 is 4.74 Å². The third kappa shape index (κ3) is 3.70. The minimum Gasteiger partial charge on any atom is -0.381 e. The molecule has 0 saturated carbocycles. The Labute approximate surface area is 82.5 Å². The fraction of sp³-hybridized carbons (Fsp3) is 0.500. The van der Waals surface area contributed by atoms with Crippen molar-refractivity contribution in [1.29, 1.82) is 0 Å². The fourth-order valence-corrected chi connectivity index (χ4v) is 1.77. The van der Waals surface area contributed by atoms with E-state index in [0.29, 0.717) is 12.8 Å². The van der Waals surface area contributed by atoms with E-state index in [1.807, 2.05) is 23.8 Å². The Hall–Kier alpha value is -0.670. The molecular formula is C10H14O2S. The smallest absolute Gasteiger partial charge is 0.139 e. The minimum absolute atomic E-state index is 0.0335. The van der Waals surface area contributed by atoms with Gasteiger partial charge in [-0.05, 0) is 29.3 Å². The highest BCUT2D eigenvalue weighted by Crippen LogP contribution is 2.09. The standard InChI is InChI=1S/C10H14O2S/c1-8(12-2)5-10(11)6-9-3-4-13-7-9/h3-4,7-8H,5-6H2,1-2H3. The first-order valence-electron chi connectivity index (χ1n) is 4.28. The second-order valence-electron chi connectivity index (χ2n) is 3.10. The molecule has 0 aromatic carbocycles. The highest BCUT2D eigenvalue weighted by molar-refractivity contribution is 7.07. The van der Waals surface area contributed by atoms with E-state index in [2.05, 4.69) is 0 Å². The Morgan fingerprint density at radius 1 is 1.69 bits per heavy atom. The van der Waals surface area contributed by atoms with E-state index in [1.54, 1.807) is 18.4 Å². The fourth-order valence-electron chi connectivity index (χ4n) is 1.10. The number of rotatable bonds is 5. The summed E-state index contributed by atoms with van der Waals surface area (Å²) in [5, 5.41) is 4.00. The Kier molecular flexibility index (Phi) is 4.12. The van der Waals surface area contributed by atoms with Gasteiger partial charge in [0.05, 0.1) is 6.10 Å². The molecule has 0 saturated heterocycles. The average Bonchev–Trinajstić information content (AvgIpc) is 2.56. The van der Waals surface area contributed by atoms with Crippen molar-refractivity contribution >= 4 is 17.1 Å². The Bertz CT molecular complexity index is 254. The Balaban J connectivity index is 2.34. The van der Waals surface area contributed by atoms with Crippen LogP contribution in [0.25, 0.3) is 0 Å². The first-order valence-corrected chi connectivity index (χ1v) is 5.22. The lowest BCUT2D eigenvalue weighted by molar-refractivity contribution is -0.120. The molecule has 1 atom stereocenters. The molecule has 13 heavy (non-hydrogen) atoms. The van der Waals surface area contributed by atoms with Gasteiger partial charge in [0, 0.05) is 20.0 Å². The first-order chi connectivity index (χ1) is 6.22. The van der Waals surface area contributed by atoms with Crippen LogP contribution in [0.15, 0.2) is 16.8 Å². The molecule has 2 nitrogen and oxygen atoms in total. The van der Waals surface area contributed by atoms with Crippen molar-refractivity contribution < 1.29 is 9.53 Å². The summed E-state index contributed by atoms with van der Waals surface area (Å²) in [6, 6.07) is 1.99. The highest BCUT2D eigenvalue weighted by Gasteiger charge is 2.08. The van der Waals surface area contributed by atoms with Gasteiger partial charge in [-0.3, -0.25) is 4.79 Å². The quantitative estimate of drug-likeness (QED) is 0.725. The molecule has 1 rings (SSSR count). The summed E-state index contributed by atoms with van der Waals surface area (Å²) in [7, 11) is 1.63. The van der Waals surface area contributed by atoms with E-state index in [1.165, 1.54) is 0 Å². The number of Topliss-reactive ketones (excluding diaryl/α,β-unsaturated/α-hetero) is 1. The van der Waals surface area contributed by atoms with Gasteiger partial charge in [-0.1, -0.05) is 0 Å². The van der Waals surface area contributed by atoms with Crippen LogP contribution in [-0.4, -0.2) is 19.0 Å². The highest BCUT2D eigenvalue weighted by atomic mass is 32.1. The van der Waals surface area contributed by atoms with Gasteiger partial charge in [-0.2, -0.15) is 11.3 Å². The van der Waals surface area contributed by atoms with Crippen molar-refractivity contribution in [2.75, 3.05) is 7.11 Å². The number of hydrogen-bond acceptors (Lipinski definition) is 3. The molecule has 1 aromatic heterocycles. The molecule has 0 fully saturated rings. The number of ketones is 1. The van der Waals surface area contributed by atoms with Crippen molar-refractivity contribution in [1.82, 2.24) is 0 Å². The van der Waals surface area contributed by atoms with Crippen LogP contribution in [0.3, 0.4) is 0 Å². The number of thiophene rings is 1. The summed E-state index contributed by atoms with van der Waals surface area (Å²) >= 11 is 1.62. The van der Waals surface area contributed by atoms with E-state index < -0.39 is 0 Å². The summed E-state index contributed by atoms with van der Waals surface area (Å²) in [6.07, 6.45) is 1.08. The van der Waals surface area contributed by atoms with Crippen LogP contribution < -0.4 is 0 Å². The molecular weight excluding hydrogens is 184 g/mol. The van der Waals surface area contributed by atoms with Crippen molar-refractivity contribution in [2.24, 2.45) is 0 Å². The van der Waals surface area contributed by atoms with E-state index in [4.69, 9.17) is 4.74 Å². The summed E-state index contributed by atoms with van der Waals surface area (Å²) in [5.41, 5.74) is 1.11. The molecule has 0 aliphatic carbocycles. The zero-order valence-electron chi connectivity index (χ0n) is 7.95. The Morgan fingerprint density at radius 2 is 2.46 bits per heavy atom. The maximum atomic E-state index is 11.4. The van der Waals surface area contributed by atoms with Gasteiger partial charge in [-0.25, -0.2) is 0 Å². The summed E-state index contributed by atoms with van der Waals surface area (Å²) < 4.78 is 5.02. The summed E-state index contributed by atoms with van der Waals surface area (Å²) in [5.74, 6) is 0.243. The van der Waals surface area contributed by atoms with Gasteiger partial charge in [0.25, 0.3) is 0 Å². The van der Waals surface area contributed by atoms with Crippen LogP contribution in [0.4, 0.5) is 0 Å². The van der Waals surface area contributed by atoms with Crippen LogP contribution in [0.2, 0.25) is 0 Å². The van der Waals surface area contributed by atoms with Crippen LogP contribution in [-0.2, 0) is 16.0 Å². The predicted octanol–water partition coefficient (Wildman–Crippen LogP) is 2.28. The normalized spacial score (nSPS) is 12.8. The van der Waals surface area contributed by atoms with Crippen LogP contribution in [0, 0.1) is 0 Å². The molecule has 0 amide bonds. The topological polar surface area (TPSA) is 26.3 Å². The van der Waals surface area contributed by atoms with Crippen LogP contribution in [0.1, 0.15) is 18.9 Å². The molecule has 1 heterocycles. The zero-order valence-corrected chi connectivity index (χ0v) is 8.76. The van der Waals surface area contributed by atoms with E-state index in [-0.39, 0.29) is 11.9 Å². The third-order valence-electron chi connectivity index (χ3n) is 1.90. The molecule has 1 unspecified atom stereocenters. The number of carbonyl (C=O) groups excluding carboxylic acids is 1. The molecule has 3 heteroatoms. The zero-order chi connectivity index (χ0) is 9.68. The average molecular weight is 198 g/mol. The van der Waals surface area contributed by atoms with E-state index in [9.17, 15) is 4.79 Å². The molecule has 0 radical (unpaired) electrons. The largest absolute Gasteiger partial charge is 0.381 e. The summed E-state index contributed by atoms with van der Waals surface area (Å²) in [6.45, 7) is 1.91. The second kappa shape index (κ2) is 5.14. The molecule has 72 valence electrons. The van der Waals surface area contributed by atoms with Crippen molar-refractivity contribution in [3.63, 3.8) is 0 Å². The monoisotopic (exact) mass is 198 g/mol. The first kappa shape index (κ1) is 10.4. The molecule has 0 N–H and O–H groups in total. The lowest BCUT2D eigenvalue weighted by Crippen LogP contribution is -2.13. The molecule has 0 spiro atoms. The van der Waals surface area contributed by atoms with Crippen molar-refractivity contribution in [3.05, 3.63) is 22.4 Å². The van der Waals surface area contributed by atoms with Gasteiger partial charge in [0.1, 0.15) is 5.78 Å². The van der Waals surface area contributed by atoms with Crippen LogP contribution in [0.5, 0.6) is 0 Å². The number of methoxy groups -OCH3 is 1. The van der Waals surface area contributed by atoms with Gasteiger partial charge in [0.15, 0.2) is 0 Å². The number of carbonyl (C=O) groups is 1.